The van der Waals surface area contributed by atoms with Crippen molar-refractivity contribution < 1.29 is 0 Å². The van der Waals surface area contributed by atoms with Gasteiger partial charge in [-0.3, -0.25) is 0 Å². The van der Waals surface area contributed by atoms with Gasteiger partial charge in [-0.05, 0) is 41.7 Å². The third-order valence-corrected chi connectivity index (χ3v) is 4.83. The summed E-state index contributed by atoms with van der Waals surface area (Å²) in [4.78, 5) is -0.669. The Labute approximate surface area is 137 Å². The van der Waals surface area contributed by atoms with Crippen molar-refractivity contribution in [1.82, 2.24) is 0 Å². The molecule has 3 rings (SSSR count). The van der Waals surface area contributed by atoms with Crippen molar-refractivity contribution in [2.75, 3.05) is 0 Å². The first-order valence-corrected chi connectivity index (χ1v) is 7.88. The summed E-state index contributed by atoms with van der Waals surface area (Å²) < 4.78 is 0. The SMILES string of the molecule is Cc1ccccc1C(Cl)(c1ccccc1)c1ccccc1C. The molecule has 0 nitrogen and oxygen atoms in total. The summed E-state index contributed by atoms with van der Waals surface area (Å²) in [6, 6.07) is 27.0. The van der Waals surface area contributed by atoms with Crippen molar-refractivity contribution in [3.8, 4) is 0 Å². The number of halogens is 1. The molecule has 110 valence electrons. The van der Waals surface area contributed by atoms with Gasteiger partial charge in [-0.1, -0.05) is 78.9 Å². The quantitative estimate of drug-likeness (QED) is 0.421. The van der Waals surface area contributed by atoms with Gasteiger partial charge in [0.15, 0.2) is 0 Å². The van der Waals surface area contributed by atoms with E-state index >= 15 is 0 Å². The minimum absolute atomic E-state index is 0.669. The third-order valence-electron chi connectivity index (χ3n) is 4.20. The van der Waals surface area contributed by atoms with Gasteiger partial charge in [-0.25, -0.2) is 0 Å². The van der Waals surface area contributed by atoms with E-state index in [9.17, 15) is 0 Å². The standard InChI is InChI=1S/C21H19Cl/c1-16-10-6-8-14-19(16)21(22,18-12-4-3-5-13-18)20-15-9-7-11-17(20)2/h3-15H,1-2H3. The molecular weight excluding hydrogens is 288 g/mol. The number of rotatable bonds is 3. The van der Waals surface area contributed by atoms with Crippen molar-refractivity contribution in [2.45, 2.75) is 18.7 Å². The number of benzene rings is 3. The van der Waals surface area contributed by atoms with Crippen LogP contribution in [0.2, 0.25) is 0 Å². The molecule has 0 amide bonds. The maximum atomic E-state index is 7.33. The summed E-state index contributed by atoms with van der Waals surface area (Å²) in [6.07, 6.45) is 0. The van der Waals surface area contributed by atoms with Gasteiger partial charge >= 0.3 is 0 Å². The Bertz CT molecular complexity index is 729. The molecule has 0 unspecified atom stereocenters. The lowest BCUT2D eigenvalue weighted by molar-refractivity contribution is 0.858. The van der Waals surface area contributed by atoms with Gasteiger partial charge in [-0.2, -0.15) is 0 Å². The summed E-state index contributed by atoms with van der Waals surface area (Å²) in [7, 11) is 0. The third kappa shape index (κ3) is 2.44. The van der Waals surface area contributed by atoms with Crippen LogP contribution in [0, 0.1) is 13.8 Å². The second-order valence-electron chi connectivity index (χ2n) is 5.65. The van der Waals surface area contributed by atoms with E-state index in [0.717, 1.165) is 16.7 Å². The Morgan fingerprint density at radius 1 is 0.591 bits per heavy atom. The number of alkyl halides is 1. The molecule has 0 heterocycles. The molecule has 0 fully saturated rings. The van der Waals surface area contributed by atoms with Crippen LogP contribution in [0.15, 0.2) is 78.9 Å². The summed E-state index contributed by atoms with van der Waals surface area (Å²) in [6.45, 7) is 4.24. The van der Waals surface area contributed by atoms with E-state index in [0.29, 0.717) is 0 Å². The molecule has 0 bridgehead atoms. The van der Waals surface area contributed by atoms with Gasteiger partial charge in [0.25, 0.3) is 0 Å². The molecule has 0 aliphatic carbocycles. The molecule has 3 aromatic rings. The average Bonchev–Trinajstić information content (AvgIpc) is 2.56. The molecular formula is C21H19Cl. The van der Waals surface area contributed by atoms with E-state index in [1.54, 1.807) is 0 Å². The van der Waals surface area contributed by atoms with Crippen molar-refractivity contribution in [2.24, 2.45) is 0 Å². The molecule has 0 atom stereocenters. The molecule has 0 aliphatic heterocycles. The highest BCUT2D eigenvalue weighted by Crippen LogP contribution is 2.45. The van der Waals surface area contributed by atoms with E-state index in [1.165, 1.54) is 11.1 Å². The van der Waals surface area contributed by atoms with Crippen LogP contribution in [0.3, 0.4) is 0 Å². The molecule has 1 heteroatoms. The van der Waals surface area contributed by atoms with Gasteiger partial charge in [0.2, 0.25) is 0 Å². The number of aryl methyl sites for hydroxylation is 2. The van der Waals surface area contributed by atoms with Crippen LogP contribution in [-0.4, -0.2) is 0 Å². The zero-order chi connectivity index (χ0) is 15.6. The summed E-state index contributed by atoms with van der Waals surface area (Å²) in [5.74, 6) is 0. The van der Waals surface area contributed by atoms with Gasteiger partial charge in [0.1, 0.15) is 4.87 Å². The molecule has 0 radical (unpaired) electrons. The highest BCUT2D eigenvalue weighted by Gasteiger charge is 2.36. The van der Waals surface area contributed by atoms with E-state index in [1.807, 2.05) is 18.2 Å². The lowest BCUT2D eigenvalue weighted by Crippen LogP contribution is -2.24. The monoisotopic (exact) mass is 306 g/mol. The average molecular weight is 307 g/mol. The second kappa shape index (κ2) is 5.98. The Morgan fingerprint density at radius 2 is 1.00 bits per heavy atom. The Balaban J connectivity index is 2.33. The van der Waals surface area contributed by atoms with E-state index in [-0.39, 0.29) is 0 Å². The van der Waals surface area contributed by atoms with Crippen LogP contribution < -0.4 is 0 Å². The number of hydrogen-bond acceptors (Lipinski definition) is 0. The van der Waals surface area contributed by atoms with Gasteiger partial charge < -0.3 is 0 Å². The molecule has 0 N–H and O–H groups in total. The Hall–Kier alpha value is -2.05. The molecule has 22 heavy (non-hydrogen) atoms. The van der Waals surface area contributed by atoms with Crippen molar-refractivity contribution in [3.63, 3.8) is 0 Å². The largest absolute Gasteiger partial charge is 0.120 e. The maximum Gasteiger partial charge on any atom is 0.120 e. The fourth-order valence-electron chi connectivity index (χ4n) is 3.04. The smallest absolute Gasteiger partial charge is 0.104 e. The molecule has 0 saturated heterocycles. The molecule has 3 aromatic carbocycles. The molecule has 0 aromatic heterocycles. The fraction of sp³-hybridized carbons (Fsp3) is 0.143. The van der Waals surface area contributed by atoms with E-state index in [4.69, 9.17) is 11.6 Å². The van der Waals surface area contributed by atoms with Gasteiger partial charge in [-0.15, -0.1) is 11.6 Å². The lowest BCUT2D eigenvalue weighted by Gasteiger charge is -2.32. The van der Waals surface area contributed by atoms with E-state index < -0.39 is 4.87 Å². The normalized spacial score (nSPS) is 11.4. The minimum Gasteiger partial charge on any atom is -0.104 e. The van der Waals surface area contributed by atoms with Crippen molar-refractivity contribution in [1.29, 1.82) is 0 Å². The fourth-order valence-corrected chi connectivity index (χ4v) is 3.59. The highest BCUT2D eigenvalue weighted by molar-refractivity contribution is 6.28. The first kappa shape index (κ1) is 14.9. The molecule has 0 aliphatic rings. The zero-order valence-electron chi connectivity index (χ0n) is 12.9. The van der Waals surface area contributed by atoms with Gasteiger partial charge in [0.05, 0.1) is 0 Å². The van der Waals surface area contributed by atoms with Gasteiger partial charge in [0, 0.05) is 0 Å². The minimum atomic E-state index is -0.669. The first-order chi connectivity index (χ1) is 10.6. The predicted molar refractivity (Wildman–Crippen MR) is 94.5 cm³/mol. The van der Waals surface area contributed by atoms with Crippen LogP contribution in [0.5, 0.6) is 0 Å². The Morgan fingerprint density at radius 3 is 1.45 bits per heavy atom. The van der Waals surface area contributed by atoms with Crippen LogP contribution in [0.1, 0.15) is 27.8 Å². The maximum absolute atomic E-state index is 7.33. The second-order valence-corrected chi connectivity index (χ2v) is 6.22. The van der Waals surface area contributed by atoms with Crippen molar-refractivity contribution >= 4 is 11.6 Å². The van der Waals surface area contributed by atoms with E-state index in [2.05, 4.69) is 74.5 Å². The first-order valence-electron chi connectivity index (χ1n) is 7.50. The van der Waals surface area contributed by atoms with Crippen LogP contribution >= 0.6 is 11.6 Å². The molecule has 0 spiro atoms. The Kier molecular flexibility index (Phi) is 4.04. The molecule has 0 saturated carbocycles. The van der Waals surface area contributed by atoms with Crippen molar-refractivity contribution in [3.05, 3.63) is 107 Å². The van der Waals surface area contributed by atoms with Crippen LogP contribution in [0.25, 0.3) is 0 Å². The summed E-state index contributed by atoms with van der Waals surface area (Å²) in [5, 5.41) is 0. The highest BCUT2D eigenvalue weighted by atomic mass is 35.5. The summed E-state index contributed by atoms with van der Waals surface area (Å²) >= 11 is 7.33. The lowest BCUT2D eigenvalue weighted by atomic mass is 9.80. The summed E-state index contributed by atoms with van der Waals surface area (Å²) in [5.41, 5.74) is 5.77. The zero-order valence-corrected chi connectivity index (χ0v) is 13.6. The van der Waals surface area contributed by atoms with Crippen LogP contribution in [-0.2, 0) is 4.87 Å². The van der Waals surface area contributed by atoms with Crippen LogP contribution in [0.4, 0.5) is 0 Å². The topological polar surface area (TPSA) is 0 Å². The number of hydrogen-bond donors (Lipinski definition) is 0. The predicted octanol–water partition coefficient (Wildman–Crippen LogP) is 5.83.